The zero-order valence-corrected chi connectivity index (χ0v) is 11.0. The van der Waals surface area contributed by atoms with E-state index >= 15 is 0 Å². The number of nitrogens with one attached hydrogen (secondary N) is 1. The first-order chi connectivity index (χ1) is 8.55. The van der Waals surface area contributed by atoms with Crippen LogP contribution < -0.4 is 16.0 Å². The lowest BCUT2D eigenvalue weighted by Crippen LogP contribution is -2.43. The molecule has 0 amide bonds. The molecule has 96 valence electrons. The molecule has 3 N–H and O–H groups in total. The number of anilines is 2. The molecule has 18 heavy (non-hydrogen) atoms. The minimum absolute atomic E-state index is 0.0997. The van der Waals surface area contributed by atoms with Crippen molar-refractivity contribution in [2.45, 2.75) is 13.8 Å². The van der Waals surface area contributed by atoms with Gasteiger partial charge >= 0.3 is 0 Å². The predicted molar refractivity (Wildman–Crippen MR) is 74.7 cm³/mol. The molecule has 0 saturated carbocycles. The molecule has 0 unspecified atom stereocenters. The van der Waals surface area contributed by atoms with E-state index in [0.29, 0.717) is 12.1 Å². The maximum Gasteiger partial charge on any atom is 0.0992 e. The van der Waals surface area contributed by atoms with Crippen molar-refractivity contribution < 1.29 is 0 Å². The molecule has 0 radical (unpaired) electrons. The maximum atomic E-state index is 8.92. The van der Waals surface area contributed by atoms with Crippen molar-refractivity contribution in [1.29, 1.82) is 5.26 Å². The van der Waals surface area contributed by atoms with E-state index in [4.69, 9.17) is 11.0 Å². The molecule has 0 bridgehead atoms. The molecule has 1 aromatic rings. The van der Waals surface area contributed by atoms with Gasteiger partial charge in [0.25, 0.3) is 0 Å². The van der Waals surface area contributed by atoms with Gasteiger partial charge < -0.3 is 16.0 Å². The number of nitrogens with two attached hydrogens (primary N) is 1. The lowest BCUT2D eigenvalue weighted by Gasteiger charge is -2.37. The summed E-state index contributed by atoms with van der Waals surface area (Å²) in [5.41, 5.74) is 8.82. The Bertz CT molecular complexity index is 473. The quantitative estimate of drug-likeness (QED) is 0.850. The average Bonchev–Trinajstić information content (AvgIpc) is 2.38. The van der Waals surface area contributed by atoms with Crippen molar-refractivity contribution in [1.82, 2.24) is 0 Å². The van der Waals surface area contributed by atoms with Crippen LogP contribution in [-0.4, -0.2) is 26.2 Å². The number of benzene rings is 1. The van der Waals surface area contributed by atoms with Crippen LogP contribution in [0.4, 0.5) is 11.4 Å². The fourth-order valence-electron chi connectivity index (χ4n) is 2.21. The highest BCUT2D eigenvalue weighted by Gasteiger charge is 2.24. The number of rotatable bonds is 3. The van der Waals surface area contributed by atoms with Crippen LogP contribution in [0.5, 0.6) is 0 Å². The number of nitriles is 1. The van der Waals surface area contributed by atoms with Crippen molar-refractivity contribution in [2.75, 3.05) is 36.4 Å². The Morgan fingerprint density at radius 3 is 2.94 bits per heavy atom. The van der Waals surface area contributed by atoms with Crippen LogP contribution >= 0.6 is 0 Å². The van der Waals surface area contributed by atoms with Gasteiger partial charge in [-0.15, -0.1) is 0 Å². The van der Waals surface area contributed by atoms with Gasteiger partial charge in [0.2, 0.25) is 0 Å². The van der Waals surface area contributed by atoms with Crippen molar-refractivity contribution in [3.05, 3.63) is 23.8 Å². The van der Waals surface area contributed by atoms with Crippen LogP contribution in [0.2, 0.25) is 0 Å². The van der Waals surface area contributed by atoms with E-state index in [0.717, 1.165) is 25.3 Å². The van der Waals surface area contributed by atoms with E-state index in [1.165, 1.54) is 5.69 Å². The molecule has 2 rings (SSSR count). The number of fused-ring (bicyclic) bond motifs is 1. The minimum atomic E-state index is 0.0997. The van der Waals surface area contributed by atoms with Gasteiger partial charge in [-0.1, -0.05) is 13.8 Å². The Kier molecular flexibility index (Phi) is 3.44. The molecule has 0 aliphatic carbocycles. The van der Waals surface area contributed by atoms with E-state index in [9.17, 15) is 0 Å². The second-order valence-electron chi connectivity index (χ2n) is 5.56. The second kappa shape index (κ2) is 4.87. The van der Waals surface area contributed by atoms with Gasteiger partial charge in [-0.25, -0.2) is 0 Å². The third-order valence-electron chi connectivity index (χ3n) is 3.33. The summed E-state index contributed by atoms with van der Waals surface area (Å²) in [4.78, 5) is 2.35. The van der Waals surface area contributed by atoms with E-state index in [1.54, 1.807) is 0 Å². The summed E-state index contributed by atoms with van der Waals surface area (Å²) in [6.07, 6.45) is 0. The highest BCUT2D eigenvalue weighted by molar-refractivity contribution is 5.73. The first kappa shape index (κ1) is 12.7. The largest absolute Gasteiger partial charge is 0.382 e. The molecule has 4 heteroatoms. The SMILES string of the molecule is CC(C)(CN)CN1CCNc2cc(C#N)ccc21. The fourth-order valence-corrected chi connectivity index (χ4v) is 2.21. The molecule has 1 aliphatic heterocycles. The summed E-state index contributed by atoms with van der Waals surface area (Å²) < 4.78 is 0. The fraction of sp³-hybridized carbons (Fsp3) is 0.500. The van der Waals surface area contributed by atoms with Crippen molar-refractivity contribution in [3.8, 4) is 6.07 Å². The Labute approximate surface area is 108 Å². The molecule has 0 fully saturated rings. The summed E-state index contributed by atoms with van der Waals surface area (Å²) in [5.74, 6) is 0. The maximum absolute atomic E-state index is 8.92. The first-order valence-electron chi connectivity index (χ1n) is 6.29. The number of hydrogen-bond acceptors (Lipinski definition) is 4. The summed E-state index contributed by atoms with van der Waals surface area (Å²) >= 11 is 0. The molecule has 0 saturated heterocycles. The van der Waals surface area contributed by atoms with Crippen molar-refractivity contribution >= 4 is 11.4 Å². The van der Waals surface area contributed by atoms with Gasteiger partial charge in [0.1, 0.15) is 0 Å². The molecular weight excluding hydrogens is 224 g/mol. The van der Waals surface area contributed by atoms with Crippen LogP contribution in [0.25, 0.3) is 0 Å². The first-order valence-corrected chi connectivity index (χ1v) is 6.29. The van der Waals surface area contributed by atoms with Crippen LogP contribution in [0, 0.1) is 16.7 Å². The van der Waals surface area contributed by atoms with E-state index < -0.39 is 0 Å². The summed E-state index contributed by atoms with van der Waals surface area (Å²) in [7, 11) is 0. The third kappa shape index (κ3) is 2.57. The Morgan fingerprint density at radius 2 is 2.28 bits per heavy atom. The van der Waals surface area contributed by atoms with E-state index in [2.05, 4.69) is 30.1 Å². The van der Waals surface area contributed by atoms with Gasteiger partial charge in [0.05, 0.1) is 23.0 Å². The van der Waals surface area contributed by atoms with Crippen LogP contribution in [0.1, 0.15) is 19.4 Å². The summed E-state index contributed by atoms with van der Waals surface area (Å²) in [6, 6.07) is 7.98. The Morgan fingerprint density at radius 1 is 1.50 bits per heavy atom. The van der Waals surface area contributed by atoms with E-state index in [-0.39, 0.29) is 5.41 Å². The van der Waals surface area contributed by atoms with Gasteiger partial charge in [-0.2, -0.15) is 5.26 Å². The zero-order valence-electron chi connectivity index (χ0n) is 11.0. The molecule has 4 nitrogen and oxygen atoms in total. The van der Waals surface area contributed by atoms with Crippen LogP contribution in [-0.2, 0) is 0 Å². The highest BCUT2D eigenvalue weighted by Crippen LogP contribution is 2.31. The normalized spacial score (nSPS) is 14.7. The third-order valence-corrected chi connectivity index (χ3v) is 3.33. The Hall–Kier alpha value is -1.73. The molecule has 1 heterocycles. The molecular formula is C14H20N4. The van der Waals surface area contributed by atoms with Crippen LogP contribution in [0.3, 0.4) is 0 Å². The standard InChI is InChI=1S/C14H20N4/c1-14(2,9-16)10-18-6-5-17-12-7-11(8-15)3-4-13(12)18/h3-4,7,17H,5-6,9-10,16H2,1-2H3. The minimum Gasteiger partial charge on any atom is -0.382 e. The van der Waals surface area contributed by atoms with E-state index in [1.807, 2.05) is 18.2 Å². The number of hydrogen-bond donors (Lipinski definition) is 2. The molecule has 0 aromatic heterocycles. The smallest absolute Gasteiger partial charge is 0.0992 e. The Balaban J connectivity index is 2.26. The van der Waals surface area contributed by atoms with Gasteiger partial charge in [-0.05, 0) is 30.2 Å². The van der Waals surface area contributed by atoms with Crippen molar-refractivity contribution in [2.24, 2.45) is 11.1 Å². The highest BCUT2D eigenvalue weighted by atomic mass is 15.2. The lowest BCUT2D eigenvalue weighted by atomic mass is 9.92. The van der Waals surface area contributed by atoms with Gasteiger partial charge in [0.15, 0.2) is 0 Å². The lowest BCUT2D eigenvalue weighted by molar-refractivity contribution is 0.378. The predicted octanol–water partition coefficient (Wildman–Crippen LogP) is 1.78. The number of nitrogens with zero attached hydrogens (tertiary/aromatic N) is 2. The molecule has 1 aliphatic rings. The summed E-state index contributed by atoms with van der Waals surface area (Å²) in [5, 5.41) is 12.3. The molecule has 0 atom stereocenters. The topological polar surface area (TPSA) is 65.1 Å². The van der Waals surface area contributed by atoms with Crippen molar-refractivity contribution in [3.63, 3.8) is 0 Å². The summed E-state index contributed by atoms with van der Waals surface area (Å²) in [6.45, 7) is 7.84. The average molecular weight is 244 g/mol. The monoisotopic (exact) mass is 244 g/mol. The second-order valence-corrected chi connectivity index (χ2v) is 5.56. The zero-order chi connectivity index (χ0) is 13.2. The van der Waals surface area contributed by atoms with Gasteiger partial charge in [-0.3, -0.25) is 0 Å². The molecule has 1 aromatic carbocycles. The molecule has 0 spiro atoms. The van der Waals surface area contributed by atoms with Crippen LogP contribution in [0.15, 0.2) is 18.2 Å². The van der Waals surface area contributed by atoms with Gasteiger partial charge in [0, 0.05) is 19.6 Å².